The first kappa shape index (κ1) is 24.5. The molecule has 0 spiro atoms. The molecular weight excluding hydrogens is 516 g/mol. The molecule has 6 nitrogen and oxygen atoms in total. The van der Waals surface area contributed by atoms with Crippen molar-refractivity contribution in [3.63, 3.8) is 0 Å². The predicted octanol–water partition coefficient (Wildman–Crippen LogP) is 5.99. The summed E-state index contributed by atoms with van der Waals surface area (Å²) in [6.45, 7) is 3.81. The normalized spacial score (nSPS) is 15.6. The summed E-state index contributed by atoms with van der Waals surface area (Å²) in [6, 6.07) is 27.6. The van der Waals surface area contributed by atoms with Gasteiger partial charge in [-0.1, -0.05) is 71.8 Å². The fraction of sp³-hybridized carbons (Fsp3) is 0.133. The van der Waals surface area contributed by atoms with E-state index in [1.54, 1.807) is 66.9 Å². The Labute approximate surface area is 222 Å². The van der Waals surface area contributed by atoms with Gasteiger partial charge in [0.15, 0.2) is 0 Å². The summed E-state index contributed by atoms with van der Waals surface area (Å²) >= 11 is 0. The van der Waals surface area contributed by atoms with Crippen LogP contribution in [0.5, 0.6) is 0 Å². The number of rotatable bonds is 5. The second-order valence-electron chi connectivity index (χ2n) is 9.68. The fourth-order valence-corrected chi connectivity index (χ4v) is 8.22. The largest absolute Gasteiger partial charge is 0.268 e. The lowest BCUT2D eigenvalue weighted by Gasteiger charge is -2.27. The van der Waals surface area contributed by atoms with Crippen LogP contribution < -0.4 is 4.31 Å². The summed E-state index contributed by atoms with van der Waals surface area (Å²) in [5.41, 5.74) is 4.58. The van der Waals surface area contributed by atoms with Gasteiger partial charge in [0.2, 0.25) is 0 Å². The Morgan fingerprint density at radius 3 is 1.87 bits per heavy atom. The summed E-state index contributed by atoms with van der Waals surface area (Å²) < 4.78 is 58.4. The van der Waals surface area contributed by atoms with Crippen molar-refractivity contribution >= 4 is 36.6 Å². The average Bonchev–Trinajstić information content (AvgIpc) is 3.49. The van der Waals surface area contributed by atoms with Crippen molar-refractivity contribution in [2.75, 3.05) is 4.31 Å². The van der Waals surface area contributed by atoms with Gasteiger partial charge in [-0.2, -0.15) is 0 Å². The van der Waals surface area contributed by atoms with Crippen LogP contribution >= 0.6 is 0 Å². The van der Waals surface area contributed by atoms with Gasteiger partial charge >= 0.3 is 0 Å². The number of aryl methyl sites for hydroxylation is 2. The number of aromatic nitrogens is 1. The van der Waals surface area contributed by atoms with E-state index in [4.69, 9.17) is 0 Å². The molecule has 192 valence electrons. The minimum Gasteiger partial charge on any atom is -0.258 e. The molecule has 1 aliphatic rings. The van der Waals surface area contributed by atoms with Crippen LogP contribution in [0.3, 0.4) is 0 Å². The third-order valence-electron chi connectivity index (χ3n) is 7.15. The fourth-order valence-electron chi connectivity index (χ4n) is 5.18. The van der Waals surface area contributed by atoms with E-state index in [1.165, 1.54) is 8.28 Å². The number of fused-ring (bicyclic) bond motifs is 2. The van der Waals surface area contributed by atoms with E-state index in [-0.39, 0.29) is 9.79 Å². The van der Waals surface area contributed by atoms with Gasteiger partial charge in [0.25, 0.3) is 20.0 Å². The molecule has 0 saturated carbocycles. The highest BCUT2D eigenvalue weighted by atomic mass is 32.2. The lowest BCUT2D eigenvalue weighted by Crippen LogP contribution is -2.32. The molecule has 0 N–H and O–H groups in total. The van der Waals surface area contributed by atoms with Gasteiger partial charge < -0.3 is 0 Å². The Kier molecular flexibility index (Phi) is 5.70. The average molecular weight is 543 g/mol. The van der Waals surface area contributed by atoms with Gasteiger partial charge in [0.1, 0.15) is 0 Å². The zero-order valence-electron chi connectivity index (χ0n) is 20.9. The summed E-state index contributed by atoms with van der Waals surface area (Å²) in [4.78, 5) is 0.370. The molecule has 4 aromatic carbocycles. The molecule has 1 atom stereocenters. The van der Waals surface area contributed by atoms with Gasteiger partial charge in [-0.3, -0.25) is 4.31 Å². The Morgan fingerprint density at radius 2 is 1.21 bits per heavy atom. The highest BCUT2D eigenvalue weighted by Gasteiger charge is 2.41. The maximum absolute atomic E-state index is 14.1. The summed E-state index contributed by atoms with van der Waals surface area (Å²) in [5.74, 6) is 0. The molecule has 1 aromatic heterocycles. The molecule has 0 aliphatic carbocycles. The van der Waals surface area contributed by atoms with Crippen molar-refractivity contribution in [2.24, 2.45) is 0 Å². The van der Waals surface area contributed by atoms with Crippen LogP contribution in [0, 0.1) is 13.8 Å². The first-order valence-electron chi connectivity index (χ1n) is 12.3. The second kappa shape index (κ2) is 8.85. The minimum absolute atomic E-state index is 0.175. The van der Waals surface area contributed by atoms with Crippen molar-refractivity contribution in [2.45, 2.75) is 36.1 Å². The monoisotopic (exact) mass is 542 g/mol. The Hall–Kier alpha value is -3.88. The molecule has 8 heteroatoms. The third-order valence-corrected chi connectivity index (χ3v) is 10.7. The zero-order chi connectivity index (χ0) is 26.7. The third kappa shape index (κ3) is 3.83. The number of anilines is 1. The predicted molar refractivity (Wildman–Crippen MR) is 149 cm³/mol. The zero-order valence-corrected chi connectivity index (χ0v) is 22.6. The highest BCUT2D eigenvalue weighted by molar-refractivity contribution is 7.93. The number of benzene rings is 4. The quantitative estimate of drug-likeness (QED) is 0.273. The van der Waals surface area contributed by atoms with E-state index < -0.39 is 26.1 Å². The Bertz CT molecular complexity index is 1890. The van der Waals surface area contributed by atoms with E-state index >= 15 is 0 Å². The molecule has 5 aromatic rings. The van der Waals surface area contributed by atoms with E-state index in [9.17, 15) is 16.8 Å². The van der Waals surface area contributed by atoms with E-state index in [1.807, 2.05) is 50.2 Å². The van der Waals surface area contributed by atoms with Gasteiger partial charge in [0.05, 0.1) is 27.0 Å². The SMILES string of the molecule is Cc1ccc(S(=O)(=O)N2c3ccccc3C[C@H]2c2cn(S(=O)(=O)c3ccc(C)cc3)c3ccccc23)cc1. The molecule has 0 radical (unpaired) electrons. The van der Waals surface area contributed by atoms with Crippen molar-refractivity contribution in [1.29, 1.82) is 0 Å². The summed E-state index contributed by atoms with van der Waals surface area (Å²) in [5, 5.41) is 0.699. The van der Waals surface area contributed by atoms with E-state index in [0.29, 0.717) is 28.6 Å². The number of para-hydroxylation sites is 2. The van der Waals surface area contributed by atoms with Crippen LogP contribution in [0.15, 0.2) is 113 Å². The van der Waals surface area contributed by atoms with Gasteiger partial charge in [0, 0.05) is 23.6 Å². The number of hydrogen-bond acceptors (Lipinski definition) is 4. The van der Waals surface area contributed by atoms with E-state index in [0.717, 1.165) is 16.7 Å². The van der Waals surface area contributed by atoms with Crippen LogP contribution in [0.2, 0.25) is 0 Å². The minimum atomic E-state index is -3.94. The molecule has 0 amide bonds. The second-order valence-corrected chi connectivity index (χ2v) is 13.3. The van der Waals surface area contributed by atoms with Crippen molar-refractivity contribution in [3.8, 4) is 0 Å². The van der Waals surface area contributed by atoms with Crippen molar-refractivity contribution < 1.29 is 16.8 Å². The van der Waals surface area contributed by atoms with Crippen molar-refractivity contribution in [1.82, 2.24) is 3.97 Å². The van der Waals surface area contributed by atoms with Gasteiger partial charge in [-0.15, -0.1) is 0 Å². The molecule has 1 aliphatic heterocycles. The summed E-state index contributed by atoms with van der Waals surface area (Å²) in [7, 11) is -7.86. The van der Waals surface area contributed by atoms with Crippen molar-refractivity contribution in [3.05, 3.63) is 126 Å². The molecule has 2 heterocycles. The Morgan fingerprint density at radius 1 is 0.658 bits per heavy atom. The molecule has 0 bridgehead atoms. The van der Waals surface area contributed by atoms with Gasteiger partial charge in [-0.05, 0) is 55.8 Å². The summed E-state index contributed by atoms with van der Waals surface area (Å²) in [6.07, 6.45) is 2.02. The maximum Gasteiger partial charge on any atom is 0.268 e. The maximum atomic E-state index is 14.1. The number of hydrogen-bond donors (Lipinski definition) is 0. The first-order chi connectivity index (χ1) is 18.2. The molecule has 6 rings (SSSR count). The molecule has 0 saturated heterocycles. The van der Waals surface area contributed by atoms with Crippen LogP contribution in [0.25, 0.3) is 10.9 Å². The topological polar surface area (TPSA) is 76.5 Å². The van der Waals surface area contributed by atoms with Crippen LogP contribution in [-0.4, -0.2) is 20.8 Å². The van der Waals surface area contributed by atoms with E-state index in [2.05, 4.69) is 0 Å². The molecular formula is C30H26N2O4S2. The molecule has 0 fully saturated rings. The first-order valence-corrected chi connectivity index (χ1v) is 15.2. The van der Waals surface area contributed by atoms with Crippen LogP contribution in [-0.2, 0) is 26.5 Å². The lowest BCUT2D eigenvalue weighted by atomic mass is 10.0. The van der Waals surface area contributed by atoms with Crippen LogP contribution in [0.1, 0.15) is 28.3 Å². The lowest BCUT2D eigenvalue weighted by molar-refractivity contribution is 0.583. The highest BCUT2D eigenvalue weighted by Crippen LogP contribution is 2.46. The number of nitrogens with zero attached hydrogens (tertiary/aromatic N) is 2. The van der Waals surface area contributed by atoms with Gasteiger partial charge in [-0.25, -0.2) is 20.8 Å². The standard InChI is InChI=1S/C30H26N2O4S2/c1-21-11-15-24(16-12-21)37(33,34)31-20-27(26-8-4-6-10-29(26)31)30-19-23-7-3-5-9-28(23)32(30)38(35,36)25-17-13-22(2)14-18-25/h3-18,20,30H,19H2,1-2H3/t30-/m0/s1. The molecule has 38 heavy (non-hydrogen) atoms. The Balaban J connectivity index is 1.56. The van der Waals surface area contributed by atoms with Crippen LogP contribution in [0.4, 0.5) is 5.69 Å². The molecule has 0 unspecified atom stereocenters. The smallest absolute Gasteiger partial charge is 0.258 e. The number of sulfonamides is 1.